The summed E-state index contributed by atoms with van der Waals surface area (Å²) in [7, 11) is -2.71. The summed E-state index contributed by atoms with van der Waals surface area (Å²) in [6.45, 7) is 0. The Bertz CT molecular complexity index is 1190. The van der Waals surface area contributed by atoms with E-state index in [1.54, 1.807) is 6.07 Å². The molecule has 2 heterocycles. The van der Waals surface area contributed by atoms with Crippen LogP contribution in [0.2, 0.25) is 0 Å². The smallest absolute Gasteiger partial charge is 0.265 e. The van der Waals surface area contributed by atoms with Gasteiger partial charge in [0.25, 0.3) is 10.0 Å². The highest BCUT2D eigenvalue weighted by Crippen LogP contribution is 2.30. The molecular weight excluding hydrogens is 420 g/mol. The monoisotopic (exact) mass is 439 g/mol. The molecule has 0 saturated heterocycles. The van der Waals surface area contributed by atoms with Crippen molar-refractivity contribution in [1.82, 2.24) is 4.98 Å². The number of halogens is 2. The molecule has 3 aromatic rings. The highest BCUT2D eigenvalue weighted by Gasteiger charge is 2.22. The number of pyridine rings is 1. The van der Waals surface area contributed by atoms with Gasteiger partial charge in [0.15, 0.2) is 11.6 Å². The topological polar surface area (TPSA) is 137 Å². The first-order valence-corrected chi connectivity index (χ1v) is 9.75. The van der Waals surface area contributed by atoms with Gasteiger partial charge in [-0.25, -0.2) is 23.0 Å². The first-order valence-electron chi connectivity index (χ1n) is 8.26. The van der Waals surface area contributed by atoms with Gasteiger partial charge >= 0.3 is 0 Å². The number of hydrazine groups is 1. The molecule has 0 aliphatic heterocycles. The van der Waals surface area contributed by atoms with Crippen LogP contribution in [0.1, 0.15) is 6.99 Å². The Balaban J connectivity index is 0.00000341. The first-order chi connectivity index (χ1) is 14.2. The quantitative estimate of drug-likeness (QED) is 0.377. The molecular formula is C18H19F2N5O4S. The summed E-state index contributed by atoms with van der Waals surface area (Å²) in [6.07, 6.45) is 6.03. The van der Waals surface area contributed by atoms with E-state index >= 15 is 0 Å². The van der Waals surface area contributed by atoms with Crippen LogP contribution >= 0.6 is 0 Å². The van der Waals surface area contributed by atoms with Crippen molar-refractivity contribution >= 4 is 27.1 Å². The zero-order valence-electron chi connectivity index (χ0n) is 15.5. The molecule has 0 saturated carbocycles. The maximum Gasteiger partial charge on any atom is 0.265 e. The lowest BCUT2D eigenvalue weighted by Gasteiger charge is -2.19. The fourth-order valence-electron chi connectivity index (χ4n) is 2.44. The maximum atomic E-state index is 14.9. The Kier molecular flexibility index (Phi) is 5.89. The van der Waals surface area contributed by atoms with Crippen molar-refractivity contribution in [1.29, 1.82) is 0 Å². The molecule has 0 spiro atoms. The van der Waals surface area contributed by atoms with Crippen LogP contribution in [-0.4, -0.2) is 20.5 Å². The number of methoxy groups -OCH3 is 1. The summed E-state index contributed by atoms with van der Waals surface area (Å²) in [5, 5.41) is 0.606. The minimum atomic E-state index is -4.15. The van der Waals surface area contributed by atoms with E-state index in [4.69, 9.17) is 20.7 Å². The molecule has 1 aromatic carbocycles. The van der Waals surface area contributed by atoms with Gasteiger partial charge in [-0.05, 0) is 24.3 Å². The Morgan fingerprint density at radius 2 is 2.10 bits per heavy atom. The molecule has 0 radical (unpaired) electrons. The van der Waals surface area contributed by atoms with E-state index in [9.17, 15) is 17.2 Å². The molecule has 0 amide bonds. The van der Waals surface area contributed by atoms with Gasteiger partial charge in [0.1, 0.15) is 22.6 Å². The number of nitrogens with two attached hydrogens (primary N) is 2. The van der Waals surface area contributed by atoms with Crippen molar-refractivity contribution in [3.63, 3.8) is 0 Å². The number of benzene rings is 1. The van der Waals surface area contributed by atoms with Crippen LogP contribution in [-0.2, 0) is 10.0 Å². The number of nitrogens with one attached hydrogen (secondary N) is 1. The third-order valence-electron chi connectivity index (χ3n) is 3.94. The largest absolute Gasteiger partial charge is 0.495 e. The van der Waals surface area contributed by atoms with Gasteiger partial charge in [-0.2, -0.15) is 0 Å². The summed E-state index contributed by atoms with van der Waals surface area (Å²) < 4.78 is 65.5. The van der Waals surface area contributed by atoms with E-state index in [1.807, 2.05) is 4.72 Å². The molecule has 0 fully saturated rings. The fraction of sp³-hybridized carbons (Fsp3) is 0.0556. The molecule has 30 heavy (non-hydrogen) atoms. The highest BCUT2D eigenvalue weighted by molar-refractivity contribution is 7.92. The Morgan fingerprint density at radius 3 is 2.77 bits per heavy atom. The molecule has 12 heteroatoms. The molecule has 0 bridgehead atoms. The number of rotatable bonds is 7. The van der Waals surface area contributed by atoms with Gasteiger partial charge in [0, 0.05) is 19.4 Å². The van der Waals surface area contributed by atoms with Crippen molar-refractivity contribution in [2.45, 2.75) is 4.90 Å². The molecule has 0 atom stereocenters. The van der Waals surface area contributed by atoms with Gasteiger partial charge in [-0.3, -0.25) is 14.7 Å². The van der Waals surface area contributed by atoms with Crippen LogP contribution in [0.4, 0.5) is 20.2 Å². The van der Waals surface area contributed by atoms with Crippen molar-refractivity contribution < 1.29 is 27.8 Å². The van der Waals surface area contributed by atoms with Gasteiger partial charge in [-0.1, -0.05) is 0 Å². The lowest BCUT2D eigenvalue weighted by molar-refractivity contribution is 0.412. The first kappa shape index (κ1) is 21.1. The average Bonchev–Trinajstić information content (AvgIpc) is 3.26. The number of anilines is 2. The third kappa shape index (κ3) is 4.34. The lowest BCUT2D eigenvalue weighted by Crippen LogP contribution is -2.28. The lowest BCUT2D eigenvalue weighted by atomic mass is 10.2. The second-order valence-corrected chi connectivity index (χ2v) is 7.61. The van der Waals surface area contributed by atoms with Crippen LogP contribution in [0, 0.1) is 11.6 Å². The summed E-state index contributed by atoms with van der Waals surface area (Å²) in [4.78, 5) is 3.70. The molecule has 160 valence electrons. The van der Waals surface area contributed by atoms with E-state index in [0.717, 1.165) is 30.9 Å². The number of aromatic nitrogens is 1. The Morgan fingerprint density at radius 1 is 1.33 bits per heavy atom. The van der Waals surface area contributed by atoms with Crippen LogP contribution < -0.4 is 26.0 Å². The third-order valence-corrected chi connectivity index (χ3v) is 5.28. The van der Waals surface area contributed by atoms with Gasteiger partial charge < -0.3 is 14.9 Å². The SMILES string of the molecule is COc1cncc(/C(N)=C/N(N)c2c(F)ccc(NS(=O)(=O)c3ccoc3)c2F)c1.[HH]. The number of hydrogen-bond acceptors (Lipinski definition) is 8. The minimum absolute atomic E-state index is 0. The molecule has 0 aliphatic rings. The van der Waals surface area contributed by atoms with Gasteiger partial charge in [0.2, 0.25) is 0 Å². The minimum Gasteiger partial charge on any atom is -0.495 e. The number of hydrogen-bond donors (Lipinski definition) is 3. The summed E-state index contributed by atoms with van der Waals surface area (Å²) >= 11 is 0. The maximum absolute atomic E-state index is 14.9. The molecule has 5 N–H and O–H groups in total. The predicted octanol–water partition coefficient (Wildman–Crippen LogP) is 2.65. The molecule has 3 rings (SSSR count). The van der Waals surface area contributed by atoms with E-state index < -0.39 is 33.0 Å². The van der Waals surface area contributed by atoms with Crippen LogP contribution in [0.5, 0.6) is 5.75 Å². The van der Waals surface area contributed by atoms with Crippen molar-refractivity contribution in [2.75, 3.05) is 16.8 Å². The zero-order chi connectivity index (χ0) is 21.9. The van der Waals surface area contributed by atoms with Crippen LogP contribution in [0.3, 0.4) is 0 Å². The summed E-state index contributed by atoms with van der Waals surface area (Å²) in [6, 6.07) is 4.52. The second kappa shape index (κ2) is 8.39. The molecule has 9 nitrogen and oxygen atoms in total. The number of sulfonamides is 1. The van der Waals surface area contributed by atoms with Crippen LogP contribution in [0.15, 0.2) is 64.7 Å². The summed E-state index contributed by atoms with van der Waals surface area (Å²) in [5.74, 6) is 3.93. The van der Waals surface area contributed by atoms with Gasteiger partial charge in [0.05, 0.1) is 31.0 Å². The summed E-state index contributed by atoms with van der Waals surface area (Å²) in [5.41, 5.74) is 5.13. The zero-order valence-corrected chi connectivity index (χ0v) is 16.4. The molecule has 0 aliphatic carbocycles. The highest BCUT2D eigenvalue weighted by atomic mass is 32.2. The number of nitrogens with zero attached hydrogens (tertiary/aromatic N) is 2. The van der Waals surface area contributed by atoms with Crippen molar-refractivity contribution in [3.8, 4) is 5.75 Å². The van der Waals surface area contributed by atoms with E-state index in [2.05, 4.69) is 4.98 Å². The van der Waals surface area contributed by atoms with E-state index in [0.29, 0.717) is 16.3 Å². The van der Waals surface area contributed by atoms with E-state index in [1.165, 1.54) is 25.6 Å². The second-order valence-electron chi connectivity index (χ2n) is 5.93. The molecule has 2 aromatic heterocycles. The standard InChI is InChI=1S/C18H17F2N5O4S.H2/c1-28-12-6-11(7-23-8-12)15(21)9-25(22)18-14(19)2-3-16(17(18)20)24-30(26,27)13-4-5-29-10-13;/h2-10,24H,21-22H2,1H3;1H/b15-9-;. The number of furan rings is 1. The fourth-order valence-corrected chi connectivity index (χ4v) is 3.42. The van der Waals surface area contributed by atoms with E-state index in [-0.39, 0.29) is 12.0 Å². The Hall–Kier alpha value is -3.64. The van der Waals surface area contributed by atoms with Crippen molar-refractivity contribution in [2.24, 2.45) is 11.6 Å². The van der Waals surface area contributed by atoms with Crippen molar-refractivity contribution in [3.05, 3.63) is 72.6 Å². The normalized spacial score (nSPS) is 11.9. The average molecular weight is 439 g/mol. The van der Waals surface area contributed by atoms with Crippen LogP contribution in [0.25, 0.3) is 5.70 Å². The predicted molar refractivity (Wildman–Crippen MR) is 108 cm³/mol. The number of ether oxygens (including phenoxy) is 1. The molecule has 0 unspecified atom stereocenters. The van der Waals surface area contributed by atoms with Gasteiger partial charge in [-0.15, -0.1) is 0 Å². The Labute approximate surface area is 172 Å².